The molecule has 2 bridgehead atoms. The van der Waals surface area contributed by atoms with Crippen LogP contribution in [0.1, 0.15) is 45.4 Å². The Kier molecular flexibility index (Phi) is 4.81. The van der Waals surface area contributed by atoms with E-state index in [4.69, 9.17) is 14.2 Å². The molecule has 120 valence electrons. The number of ether oxygens (including phenoxy) is 3. The first-order valence-corrected chi connectivity index (χ1v) is 9.67. The quantitative estimate of drug-likeness (QED) is 0.408. The van der Waals surface area contributed by atoms with Crippen molar-refractivity contribution < 1.29 is 19.0 Å². The lowest BCUT2D eigenvalue weighted by molar-refractivity contribution is -0.250. The van der Waals surface area contributed by atoms with Crippen molar-refractivity contribution in [1.29, 1.82) is 0 Å². The molecule has 1 atom stereocenters. The molecule has 4 nitrogen and oxygen atoms in total. The van der Waals surface area contributed by atoms with E-state index in [0.29, 0.717) is 12.5 Å². The molecule has 3 saturated heterocycles. The van der Waals surface area contributed by atoms with Crippen molar-refractivity contribution in [2.75, 3.05) is 24.2 Å². The van der Waals surface area contributed by atoms with Crippen LogP contribution in [0.4, 0.5) is 0 Å². The molecule has 3 heterocycles. The first-order valence-electron chi connectivity index (χ1n) is 8.14. The normalized spacial score (nSPS) is 40.2. The largest absolute Gasteiger partial charge is 0.465 e. The Balaban J connectivity index is 1.86. The van der Waals surface area contributed by atoms with Crippen LogP contribution >= 0.6 is 22.6 Å². The predicted molar refractivity (Wildman–Crippen MR) is 87.6 cm³/mol. The standard InChI is InChI=1S/C16H25IO4/c1-2-20-14(18)16-7-5-15(11-17,6-8-16)21-13(16)12-3-9-19-10-4-12/h12-13H,2-11H2,1H3. The van der Waals surface area contributed by atoms with E-state index in [1.165, 1.54) is 0 Å². The van der Waals surface area contributed by atoms with E-state index in [1.807, 2.05) is 6.92 Å². The number of alkyl halides is 1. The third-order valence-electron chi connectivity index (χ3n) is 5.59. The van der Waals surface area contributed by atoms with Gasteiger partial charge >= 0.3 is 5.97 Å². The minimum absolute atomic E-state index is 0.00221. The van der Waals surface area contributed by atoms with E-state index in [-0.39, 0.29) is 17.7 Å². The van der Waals surface area contributed by atoms with E-state index < -0.39 is 5.41 Å². The van der Waals surface area contributed by atoms with Crippen LogP contribution < -0.4 is 0 Å². The Labute approximate surface area is 140 Å². The lowest BCUT2D eigenvalue weighted by atomic mass is 9.59. The van der Waals surface area contributed by atoms with E-state index in [9.17, 15) is 4.79 Å². The Hall–Kier alpha value is 0.120. The molecule has 21 heavy (non-hydrogen) atoms. The second kappa shape index (κ2) is 6.32. The first kappa shape index (κ1) is 16.0. The molecule has 0 aromatic carbocycles. The van der Waals surface area contributed by atoms with Crippen LogP contribution in [0.2, 0.25) is 0 Å². The Morgan fingerprint density at radius 1 is 1.24 bits per heavy atom. The number of hydrogen-bond acceptors (Lipinski definition) is 4. The highest BCUT2D eigenvalue weighted by Gasteiger charge is 2.61. The summed E-state index contributed by atoms with van der Waals surface area (Å²) in [6.07, 6.45) is 5.88. The highest BCUT2D eigenvalue weighted by atomic mass is 127. The van der Waals surface area contributed by atoms with Crippen molar-refractivity contribution in [2.24, 2.45) is 11.3 Å². The number of carbonyl (C=O) groups excluding carboxylic acids is 1. The average molecular weight is 408 g/mol. The number of halogens is 1. The maximum atomic E-state index is 12.7. The fraction of sp³-hybridized carbons (Fsp3) is 0.938. The third-order valence-corrected chi connectivity index (χ3v) is 6.98. The van der Waals surface area contributed by atoms with Crippen molar-refractivity contribution in [2.45, 2.75) is 57.2 Å². The Bertz CT molecular complexity index is 384. The average Bonchev–Trinajstić information content (AvgIpc) is 2.57. The van der Waals surface area contributed by atoms with Crippen molar-refractivity contribution >= 4 is 28.6 Å². The van der Waals surface area contributed by atoms with Gasteiger partial charge in [-0.1, -0.05) is 22.6 Å². The topological polar surface area (TPSA) is 44.8 Å². The SMILES string of the molecule is CCOC(=O)C12CCC(CI)(CC1)OC2C1CCOCC1. The van der Waals surface area contributed by atoms with Gasteiger partial charge in [-0.25, -0.2) is 0 Å². The maximum absolute atomic E-state index is 12.7. The fourth-order valence-corrected chi connectivity index (χ4v) is 5.21. The van der Waals surface area contributed by atoms with Gasteiger partial charge in [0.05, 0.1) is 23.7 Å². The molecular formula is C16H25IO4. The summed E-state index contributed by atoms with van der Waals surface area (Å²) >= 11 is 2.44. The molecule has 5 heteroatoms. The molecule has 4 fully saturated rings. The van der Waals surface area contributed by atoms with E-state index >= 15 is 0 Å². The maximum Gasteiger partial charge on any atom is 0.314 e. The van der Waals surface area contributed by atoms with Crippen LogP contribution in [0.15, 0.2) is 0 Å². The molecule has 0 spiro atoms. The molecule has 0 aromatic heterocycles. The van der Waals surface area contributed by atoms with Crippen molar-refractivity contribution in [1.82, 2.24) is 0 Å². The van der Waals surface area contributed by atoms with Gasteiger partial charge in [-0.05, 0) is 51.4 Å². The molecule has 0 aromatic rings. The van der Waals surface area contributed by atoms with Gasteiger partial charge in [-0.15, -0.1) is 0 Å². The van der Waals surface area contributed by atoms with Crippen LogP contribution in [0, 0.1) is 11.3 Å². The zero-order valence-corrected chi connectivity index (χ0v) is 14.9. The molecule has 1 aliphatic carbocycles. The summed E-state index contributed by atoms with van der Waals surface area (Å²) in [6.45, 7) is 3.93. The second-order valence-electron chi connectivity index (χ2n) is 6.68. The number of carbonyl (C=O) groups is 1. The summed E-state index contributed by atoms with van der Waals surface area (Å²) in [4.78, 5) is 12.7. The van der Waals surface area contributed by atoms with Gasteiger partial charge in [0, 0.05) is 17.6 Å². The lowest BCUT2D eigenvalue weighted by Crippen LogP contribution is -2.63. The predicted octanol–water partition coefficient (Wildman–Crippen LogP) is 3.11. The summed E-state index contributed by atoms with van der Waals surface area (Å²) in [5, 5.41) is 0. The van der Waals surface area contributed by atoms with E-state index in [0.717, 1.165) is 56.2 Å². The molecule has 3 aliphatic heterocycles. The van der Waals surface area contributed by atoms with Crippen LogP contribution in [-0.4, -0.2) is 41.9 Å². The van der Waals surface area contributed by atoms with Gasteiger partial charge in [0.1, 0.15) is 0 Å². The Morgan fingerprint density at radius 2 is 1.90 bits per heavy atom. The van der Waals surface area contributed by atoms with Gasteiger partial charge in [-0.2, -0.15) is 0 Å². The Morgan fingerprint density at radius 3 is 2.48 bits per heavy atom. The summed E-state index contributed by atoms with van der Waals surface area (Å²) in [5.41, 5.74) is -0.399. The number of hydrogen-bond donors (Lipinski definition) is 0. The van der Waals surface area contributed by atoms with Crippen LogP contribution in [0.25, 0.3) is 0 Å². The third kappa shape index (κ3) is 2.74. The van der Waals surface area contributed by atoms with Crippen LogP contribution in [0.5, 0.6) is 0 Å². The molecule has 4 rings (SSSR count). The van der Waals surface area contributed by atoms with Crippen LogP contribution in [-0.2, 0) is 19.0 Å². The minimum Gasteiger partial charge on any atom is -0.465 e. The molecule has 0 radical (unpaired) electrons. The first-order chi connectivity index (χ1) is 10.2. The molecule has 1 unspecified atom stereocenters. The highest BCUT2D eigenvalue weighted by Crippen LogP contribution is 2.56. The number of fused-ring (bicyclic) bond motifs is 3. The summed E-state index contributed by atoms with van der Waals surface area (Å²) in [6, 6.07) is 0. The molecule has 4 aliphatic rings. The summed E-state index contributed by atoms with van der Waals surface area (Å²) in [5.74, 6) is 0.411. The zero-order chi connectivity index (χ0) is 14.9. The monoisotopic (exact) mass is 408 g/mol. The van der Waals surface area contributed by atoms with Crippen molar-refractivity contribution in [3.05, 3.63) is 0 Å². The van der Waals surface area contributed by atoms with Gasteiger partial charge < -0.3 is 14.2 Å². The number of rotatable bonds is 4. The zero-order valence-electron chi connectivity index (χ0n) is 12.7. The highest BCUT2D eigenvalue weighted by molar-refractivity contribution is 14.1. The summed E-state index contributed by atoms with van der Waals surface area (Å²) < 4.78 is 18.5. The van der Waals surface area contributed by atoms with Crippen molar-refractivity contribution in [3.63, 3.8) is 0 Å². The van der Waals surface area contributed by atoms with Crippen molar-refractivity contribution in [3.8, 4) is 0 Å². The fourth-order valence-electron chi connectivity index (χ4n) is 4.26. The lowest BCUT2D eigenvalue weighted by Gasteiger charge is -2.58. The summed E-state index contributed by atoms with van der Waals surface area (Å²) in [7, 11) is 0. The van der Waals surface area contributed by atoms with Gasteiger partial charge in [-0.3, -0.25) is 4.79 Å². The minimum atomic E-state index is -0.397. The second-order valence-corrected chi connectivity index (χ2v) is 7.44. The number of esters is 1. The van der Waals surface area contributed by atoms with E-state index in [2.05, 4.69) is 22.6 Å². The molecule has 0 N–H and O–H groups in total. The van der Waals surface area contributed by atoms with Crippen LogP contribution in [0.3, 0.4) is 0 Å². The van der Waals surface area contributed by atoms with Gasteiger partial charge in [0.2, 0.25) is 0 Å². The molecule has 0 amide bonds. The molecular weight excluding hydrogens is 383 g/mol. The van der Waals surface area contributed by atoms with Gasteiger partial charge in [0.25, 0.3) is 0 Å². The van der Waals surface area contributed by atoms with Gasteiger partial charge in [0.15, 0.2) is 0 Å². The smallest absolute Gasteiger partial charge is 0.314 e. The molecule has 1 saturated carbocycles. The van der Waals surface area contributed by atoms with E-state index in [1.54, 1.807) is 0 Å².